The van der Waals surface area contributed by atoms with E-state index < -0.39 is 0 Å². The van der Waals surface area contributed by atoms with Crippen LogP contribution in [-0.4, -0.2) is 19.3 Å². The minimum absolute atomic E-state index is 0.0812. The van der Waals surface area contributed by atoms with Crippen LogP contribution < -0.4 is 11.1 Å². The summed E-state index contributed by atoms with van der Waals surface area (Å²) < 4.78 is 18.2. The van der Waals surface area contributed by atoms with Gasteiger partial charge < -0.3 is 15.8 Å². The molecule has 3 nitrogen and oxygen atoms in total. The highest BCUT2D eigenvalue weighted by molar-refractivity contribution is 5.65. The van der Waals surface area contributed by atoms with Gasteiger partial charge in [-0.25, -0.2) is 4.39 Å². The van der Waals surface area contributed by atoms with Crippen LogP contribution in [0.4, 0.5) is 15.8 Å². The van der Waals surface area contributed by atoms with Crippen LogP contribution in [0.2, 0.25) is 0 Å². The predicted octanol–water partition coefficient (Wildman–Crippen LogP) is 2.24. The Labute approximate surface area is 89.4 Å². The van der Waals surface area contributed by atoms with Crippen LogP contribution in [0.1, 0.15) is 13.8 Å². The van der Waals surface area contributed by atoms with E-state index in [0.29, 0.717) is 24.5 Å². The zero-order valence-corrected chi connectivity index (χ0v) is 9.09. The first-order valence-corrected chi connectivity index (χ1v) is 5.04. The predicted molar refractivity (Wildman–Crippen MR) is 60.4 cm³/mol. The Morgan fingerprint density at radius 3 is 2.93 bits per heavy atom. The standard InChI is InChI=1S/C11H17FN2O/c1-3-15-8(2)7-14-11-6-9(12)4-5-10(11)13/h4-6,8,14H,3,7,13H2,1-2H3. The zero-order valence-electron chi connectivity index (χ0n) is 9.09. The number of benzene rings is 1. The van der Waals surface area contributed by atoms with Gasteiger partial charge in [-0.05, 0) is 32.0 Å². The van der Waals surface area contributed by atoms with E-state index in [1.165, 1.54) is 12.1 Å². The number of halogens is 1. The highest BCUT2D eigenvalue weighted by Crippen LogP contribution is 2.19. The largest absolute Gasteiger partial charge is 0.397 e. The Balaban J connectivity index is 2.53. The second kappa shape index (κ2) is 5.56. The summed E-state index contributed by atoms with van der Waals surface area (Å²) in [6.45, 7) is 5.17. The molecule has 0 aliphatic carbocycles. The van der Waals surface area contributed by atoms with E-state index >= 15 is 0 Å². The lowest BCUT2D eigenvalue weighted by Crippen LogP contribution is -2.20. The van der Waals surface area contributed by atoms with E-state index in [9.17, 15) is 4.39 Å². The molecule has 1 aromatic carbocycles. The van der Waals surface area contributed by atoms with Crippen LogP contribution in [0.15, 0.2) is 18.2 Å². The SMILES string of the molecule is CCOC(C)CNc1cc(F)ccc1N. The molecule has 1 aromatic rings. The van der Waals surface area contributed by atoms with Crippen molar-refractivity contribution in [3.05, 3.63) is 24.0 Å². The van der Waals surface area contributed by atoms with Gasteiger partial charge in [0, 0.05) is 13.2 Å². The van der Waals surface area contributed by atoms with Gasteiger partial charge in [0.15, 0.2) is 0 Å². The number of hydrogen-bond donors (Lipinski definition) is 2. The van der Waals surface area contributed by atoms with Crippen molar-refractivity contribution in [2.75, 3.05) is 24.2 Å². The Hall–Kier alpha value is -1.29. The Morgan fingerprint density at radius 2 is 2.27 bits per heavy atom. The van der Waals surface area contributed by atoms with E-state index in [2.05, 4.69) is 5.32 Å². The van der Waals surface area contributed by atoms with Crippen LogP contribution in [0.5, 0.6) is 0 Å². The van der Waals surface area contributed by atoms with Gasteiger partial charge in [0.05, 0.1) is 17.5 Å². The molecule has 0 saturated heterocycles. The van der Waals surface area contributed by atoms with Crippen LogP contribution in [0.25, 0.3) is 0 Å². The van der Waals surface area contributed by atoms with E-state index in [1.807, 2.05) is 13.8 Å². The van der Waals surface area contributed by atoms with Gasteiger partial charge in [-0.2, -0.15) is 0 Å². The van der Waals surface area contributed by atoms with Gasteiger partial charge in [-0.3, -0.25) is 0 Å². The number of nitrogen functional groups attached to an aromatic ring is 1. The van der Waals surface area contributed by atoms with Crippen molar-refractivity contribution in [3.8, 4) is 0 Å². The molecule has 0 saturated carbocycles. The van der Waals surface area contributed by atoms with Crippen LogP contribution in [0, 0.1) is 5.82 Å². The van der Waals surface area contributed by atoms with Gasteiger partial charge in [0.1, 0.15) is 5.82 Å². The average molecular weight is 212 g/mol. The van der Waals surface area contributed by atoms with Gasteiger partial charge in [0.25, 0.3) is 0 Å². The molecule has 1 atom stereocenters. The molecule has 0 radical (unpaired) electrons. The minimum atomic E-state index is -0.296. The molecule has 4 heteroatoms. The monoisotopic (exact) mass is 212 g/mol. The van der Waals surface area contributed by atoms with Crippen molar-refractivity contribution in [3.63, 3.8) is 0 Å². The van der Waals surface area contributed by atoms with E-state index in [4.69, 9.17) is 10.5 Å². The fourth-order valence-corrected chi connectivity index (χ4v) is 1.28. The highest BCUT2D eigenvalue weighted by Gasteiger charge is 2.03. The van der Waals surface area contributed by atoms with Crippen LogP contribution in [0.3, 0.4) is 0 Å². The summed E-state index contributed by atoms with van der Waals surface area (Å²) in [4.78, 5) is 0. The first-order valence-electron chi connectivity index (χ1n) is 5.04. The molecule has 0 heterocycles. The number of ether oxygens (including phenoxy) is 1. The molecule has 0 bridgehead atoms. The molecule has 0 spiro atoms. The number of nitrogens with two attached hydrogens (primary N) is 1. The van der Waals surface area contributed by atoms with Gasteiger partial charge in [-0.15, -0.1) is 0 Å². The molecule has 3 N–H and O–H groups in total. The molecule has 15 heavy (non-hydrogen) atoms. The van der Waals surface area contributed by atoms with Crippen molar-refractivity contribution in [2.24, 2.45) is 0 Å². The van der Waals surface area contributed by atoms with Crippen LogP contribution >= 0.6 is 0 Å². The molecule has 1 unspecified atom stereocenters. The van der Waals surface area contributed by atoms with Crippen molar-refractivity contribution in [1.29, 1.82) is 0 Å². The van der Waals surface area contributed by atoms with Crippen molar-refractivity contribution in [1.82, 2.24) is 0 Å². The number of hydrogen-bond acceptors (Lipinski definition) is 3. The third-order valence-electron chi connectivity index (χ3n) is 2.05. The quantitative estimate of drug-likeness (QED) is 0.736. The molecule has 1 rings (SSSR count). The Bertz CT molecular complexity index is 317. The smallest absolute Gasteiger partial charge is 0.125 e. The van der Waals surface area contributed by atoms with E-state index in [1.54, 1.807) is 6.07 Å². The molecule has 84 valence electrons. The summed E-state index contributed by atoms with van der Waals surface area (Å²) in [6, 6.07) is 4.27. The summed E-state index contributed by atoms with van der Waals surface area (Å²) in [5, 5.41) is 3.05. The molecule has 0 aromatic heterocycles. The average Bonchev–Trinajstić information content (AvgIpc) is 2.20. The third kappa shape index (κ3) is 3.75. The second-order valence-electron chi connectivity index (χ2n) is 3.38. The topological polar surface area (TPSA) is 47.3 Å². The number of anilines is 2. The number of nitrogens with one attached hydrogen (secondary N) is 1. The molecular weight excluding hydrogens is 195 g/mol. The molecule has 0 aliphatic heterocycles. The Morgan fingerprint density at radius 1 is 1.53 bits per heavy atom. The Kier molecular flexibility index (Phi) is 4.37. The lowest BCUT2D eigenvalue weighted by molar-refractivity contribution is 0.0855. The second-order valence-corrected chi connectivity index (χ2v) is 3.38. The first-order chi connectivity index (χ1) is 7.13. The van der Waals surface area contributed by atoms with Crippen molar-refractivity contribution < 1.29 is 9.13 Å². The molecule has 0 amide bonds. The van der Waals surface area contributed by atoms with Crippen molar-refractivity contribution >= 4 is 11.4 Å². The highest BCUT2D eigenvalue weighted by atomic mass is 19.1. The molecular formula is C11H17FN2O. The summed E-state index contributed by atoms with van der Waals surface area (Å²) in [6.07, 6.45) is 0.0812. The summed E-state index contributed by atoms with van der Waals surface area (Å²) >= 11 is 0. The first kappa shape index (κ1) is 11.8. The maximum absolute atomic E-state index is 12.9. The van der Waals surface area contributed by atoms with Gasteiger partial charge in [-0.1, -0.05) is 0 Å². The van der Waals surface area contributed by atoms with Gasteiger partial charge in [0.2, 0.25) is 0 Å². The lowest BCUT2D eigenvalue weighted by atomic mass is 10.2. The molecule has 0 aliphatic rings. The maximum Gasteiger partial charge on any atom is 0.125 e. The lowest BCUT2D eigenvalue weighted by Gasteiger charge is -2.14. The fraction of sp³-hybridized carbons (Fsp3) is 0.455. The zero-order chi connectivity index (χ0) is 11.3. The molecule has 0 fully saturated rings. The van der Waals surface area contributed by atoms with E-state index in [0.717, 1.165) is 0 Å². The van der Waals surface area contributed by atoms with E-state index in [-0.39, 0.29) is 11.9 Å². The van der Waals surface area contributed by atoms with Gasteiger partial charge >= 0.3 is 0 Å². The maximum atomic E-state index is 12.9. The summed E-state index contributed by atoms with van der Waals surface area (Å²) in [5.74, 6) is -0.296. The van der Waals surface area contributed by atoms with Crippen molar-refractivity contribution in [2.45, 2.75) is 20.0 Å². The summed E-state index contributed by atoms with van der Waals surface area (Å²) in [7, 11) is 0. The minimum Gasteiger partial charge on any atom is -0.397 e. The number of rotatable bonds is 5. The van der Waals surface area contributed by atoms with Crippen LogP contribution in [-0.2, 0) is 4.74 Å². The third-order valence-corrected chi connectivity index (χ3v) is 2.05. The fourth-order valence-electron chi connectivity index (χ4n) is 1.28. The summed E-state index contributed by atoms with van der Waals surface area (Å²) in [5.41, 5.74) is 6.83. The normalized spacial score (nSPS) is 12.5.